The largest absolute Gasteiger partial charge is 0.359 e. The number of carbonyl (C=O) groups is 1. The van der Waals surface area contributed by atoms with Gasteiger partial charge in [-0.25, -0.2) is 4.98 Å². The SMILES string of the molecule is C[C@H]1CC2CN(C(=O)COC3(c4cccc(=O)n4C)CCC3)CC1N2c1ccc(C#N)cn1. The minimum absolute atomic E-state index is 0.00116. The smallest absolute Gasteiger partial charge is 0.250 e. The summed E-state index contributed by atoms with van der Waals surface area (Å²) in [4.78, 5) is 34.0. The fraction of sp³-hybridized carbons (Fsp3) is 0.520. The zero-order valence-electron chi connectivity index (χ0n) is 19.1. The minimum atomic E-state index is -0.550. The van der Waals surface area contributed by atoms with Crippen LogP contribution in [0.15, 0.2) is 41.3 Å². The third-order valence-corrected chi connectivity index (χ3v) is 7.67. The van der Waals surface area contributed by atoms with Gasteiger partial charge in [-0.15, -0.1) is 0 Å². The molecule has 0 spiro atoms. The monoisotopic (exact) mass is 447 g/mol. The van der Waals surface area contributed by atoms with E-state index >= 15 is 0 Å². The van der Waals surface area contributed by atoms with Crippen LogP contribution in [0.2, 0.25) is 0 Å². The summed E-state index contributed by atoms with van der Waals surface area (Å²) >= 11 is 0. The van der Waals surface area contributed by atoms with E-state index < -0.39 is 5.60 Å². The summed E-state index contributed by atoms with van der Waals surface area (Å²) in [6.07, 6.45) is 5.28. The molecule has 8 heteroatoms. The number of hydrogen-bond acceptors (Lipinski definition) is 6. The number of fused-ring (bicyclic) bond motifs is 2. The molecule has 2 aliphatic heterocycles. The van der Waals surface area contributed by atoms with E-state index in [4.69, 9.17) is 10.00 Å². The normalized spacial score (nSPS) is 25.4. The first kappa shape index (κ1) is 21.7. The lowest BCUT2D eigenvalue weighted by atomic mass is 9.77. The van der Waals surface area contributed by atoms with Crippen LogP contribution in [0.5, 0.6) is 0 Å². The predicted molar refractivity (Wildman–Crippen MR) is 123 cm³/mol. The summed E-state index contributed by atoms with van der Waals surface area (Å²) in [5.74, 6) is 1.32. The standard InChI is InChI=1S/C25H29N5O3/c1-17-11-19-14-29(15-20(17)30(19)22-8-7-18(12-26)13-27-22)24(32)16-33-25(9-4-10-25)21-5-3-6-23(31)28(21)2/h3,5-8,13,17,19-20H,4,9-11,14-16H2,1-2H3/t17-,19?,20?/m0/s1. The Labute approximate surface area is 193 Å². The van der Waals surface area contributed by atoms with Gasteiger partial charge in [0.25, 0.3) is 5.56 Å². The van der Waals surface area contributed by atoms with Crippen LogP contribution in [0.1, 0.15) is 43.9 Å². The Kier molecular flexibility index (Phi) is 5.45. The average molecular weight is 448 g/mol. The summed E-state index contributed by atoms with van der Waals surface area (Å²) in [5.41, 5.74) is 0.780. The van der Waals surface area contributed by atoms with Gasteiger partial charge >= 0.3 is 0 Å². The molecular formula is C25H29N5O3. The number of aromatic nitrogens is 2. The number of nitriles is 1. The minimum Gasteiger partial charge on any atom is -0.359 e. The molecule has 5 rings (SSSR count). The van der Waals surface area contributed by atoms with Crippen molar-refractivity contribution in [2.75, 3.05) is 24.6 Å². The Morgan fingerprint density at radius 2 is 2.09 bits per heavy atom. The van der Waals surface area contributed by atoms with Crippen LogP contribution < -0.4 is 10.5 Å². The van der Waals surface area contributed by atoms with Crippen molar-refractivity contribution in [2.24, 2.45) is 13.0 Å². The number of nitrogens with zero attached hydrogens (tertiary/aromatic N) is 5. The van der Waals surface area contributed by atoms with Gasteiger partial charge in [-0.3, -0.25) is 9.59 Å². The highest BCUT2D eigenvalue weighted by molar-refractivity contribution is 5.78. The first-order chi connectivity index (χ1) is 15.9. The van der Waals surface area contributed by atoms with E-state index in [1.54, 1.807) is 36.0 Å². The molecule has 2 unspecified atom stereocenters. The molecule has 4 heterocycles. The van der Waals surface area contributed by atoms with Crippen molar-refractivity contribution in [3.63, 3.8) is 0 Å². The van der Waals surface area contributed by atoms with Crippen LogP contribution in [0.3, 0.4) is 0 Å². The maximum atomic E-state index is 13.2. The van der Waals surface area contributed by atoms with Crippen LogP contribution in [0.25, 0.3) is 0 Å². The second-order valence-corrected chi connectivity index (χ2v) is 9.60. The van der Waals surface area contributed by atoms with Gasteiger partial charge in [0.15, 0.2) is 0 Å². The van der Waals surface area contributed by atoms with Gasteiger partial charge in [-0.2, -0.15) is 5.26 Å². The van der Waals surface area contributed by atoms with Gasteiger partial charge in [0.1, 0.15) is 24.1 Å². The molecule has 3 aliphatic rings. The van der Waals surface area contributed by atoms with Crippen molar-refractivity contribution in [1.82, 2.24) is 14.5 Å². The highest BCUT2D eigenvalue weighted by Crippen LogP contribution is 2.44. The Morgan fingerprint density at radius 1 is 1.27 bits per heavy atom. The van der Waals surface area contributed by atoms with Crippen molar-refractivity contribution in [2.45, 2.75) is 50.3 Å². The maximum absolute atomic E-state index is 13.2. The Balaban J connectivity index is 1.27. The Morgan fingerprint density at radius 3 is 2.73 bits per heavy atom. The Bertz CT molecular complexity index is 1150. The summed E-state index contributed by atoms with van der Waals surface area (Å²) in [6.45, 7) is 3.52. The molecule has 2 bridgehead atoms. The molecule has 1 aliphatic carbocycles. The third kappa shape index (κ3) is 3.70. The predicted octanol–water partition coefficient (Wildman–Crippen LogP) is 2.17. The third-order valence-electron chi connectivity index (χ3n) is 7.67. The lowest BCUT2D eigenvalue weighted by Gasteiger charge is -2.44. The van der Waals surface area contributed by atoms with E-state index in [2.05, 4.69) is 22.9 Å². The molecule has 0 aromatic carbocycles. The molecule has 2 saturated heterocycles. The molecule has 172 valence electrons. The van der Waals surface area contributed by atoms with Crippen LogP contribution >= 0.6 is 0 Å². The van der Waals surface area contributed by atoms with Crippen LogP contribution in [0, 0.1) is 17.2 Å². The molecule has 0 N–H and O–H groups in total. The summed E-state index contributed by atoms with van der Waals surface area (Å²) < 4.78 is 7.88. The highest BCUT2D eigenvalue weighted by atomic mass is 16.5. The van der Waals surface area contributed by atoms with Crippen molar-refractivity contribution >= 4 is 11.7 Å². The van der Waals surface area contributed by atoms with Gasteiger partial charge in [0.05, 0.1) is 17.3 Å². The van der Waals surface area contributed by atoms with E-state index in [0.29, 0.717) is 24.6 Å². The zero-order chi connectivity index (χ0) is 23.2. The van der Waals surface area contributed by atoms with Crippen molar-refractivity contribution < 1.29 is 9.53 Å². The quantitative estimate of drug-likeness (QED) is 0.698. The van der Waals surface area contributed by atoms with Crippen molar-refractivity contribution in [3.8, 4) is 6.07 Å². The van der Waals surface area contributed by atoms with Crippen molar-refractivity contribution in [1.29, 1.82) is 5.26 Å². The van der Waals surface area contributed by atoms with Gasteiger partial charge in [0.2, 0.25) is 5.91 Å². The second-order valence-electron chi connectivity index (χ2n) is 9.60. The van der Waals surface area contributed by atoms with Crippen LogP contribution in [-0.2, 0) is 22.2 Å². The number of ether oxygens (including phenoxy) is 1. The van der Waals surface area contributed by atoms with Gasteiger partial charge in [-0.1, -0.05) is 13.0 Å². The number of carbonyl (C=O) groups excluding carboxylic acids is 1. The molecule has 0 radical (unpaired) electrons. The number of amides is 1. The summed E-state index contributed by atoms with van der Waals surface area (Å²) in [6, 6.07) is 11.4. The number of likely N-dealkylation sites (tertiary alicyclic amines) is 1. The van der Waals surface area contributed by atoms with E-state index in [9.17, 15) is 9.59 Å². The topological polar surface area (TPSA) is 91.5 Å². The van der Waals surface area contributed by atoms with Gasteiger partial charge in [-0.05, 0) is 49.8 Å². The second kappa shape index (κ2) is 8.31. The van der Waals surface area contributed by atoms with E-state index in [1.807, 2.05) is 17.0 Å². The van der Waals surface area contributed by atoms with Gasteiger partial charge < -0.3 is 19.1 Å². The Hall–Kier alpha value is -3.18. The molecule has 2 aromatic rings. The fourth-order valence-corrected chi connectivity index (χ4v) is 5.68. The van der Waals surface area contributed by atoms with Crippen LogP contribution in [-0.4, -0.2) is 52.1 Å². The summed E-state index contributed by atoms with van der Waals surface area (Å²) in [7, 11) is 1.76. The fourth-order valence-electron chi connectivity index (χ4n) is 5.68. The number of pyridine rings is 2. The number of rotatable bonds is 5. The lowest BCUT2D eigenvalue weighted by Crippen LogP contribution is -2.57. The molecule has 3 fully saturated rings. The molecule has 3 atom stereocenters. The van der Waals surface area contributed by atoms with E-state index in [-0.39, 0.29) is 30.2 Å². The molecule has 1 amide bonds. The van der Waals surface area contributed by atoms with Crippen molar-refractivity contribution in [3.05, 3.63) is 58.1 Å². The van der Waals surface area contributed by atoms with E-state index in [0.717, 1.165) is 37.2 Å². The average Bonchev–Trinajstić information content (AvgIpc) is 2.99. The van der Waals surface area contributed by atoms with Gasteiger partial charge in [0, 0.05) is 38.4 Å². The number of anilines is 1. The molecular weight excluding hydrogens is 418 g/mol. The highest BCUT2D eigenvalue weighted by Gasteiger charge is 2.47. The maximum Gasteiger partial charge on any atom is 0.250 e. The first-order valence-corrected chi connectivity index (χ1v) is 11.6. The number of piperazine rings is 1. The van der Waals surface area contributed by atoms with E-state index in [1.165, 1.54) is 0 Å². The number of hydrogen-bond donors (Lipinski definition) is 0. The molecule has 2 aromatic heterocycles. The first-order valence-electron chi connectivity index (χ1n) is 11.6. The molecule has 33 heavy (non-hydrogen) atoms. The summed E-state index contributed by atoms with van der Waals surface area (Å²) in [5, 5.41) is 9.05. The molecule has 1 saturated carbocycles. The lowest BCUT2D eigenvalue weighted by molar-refractivity contribution is -0.155. The zero-order valence-corrected chi connectivity index (χ0v) is 19.1. The van der Waals surface area contributed by atoms with Crippen LogP contribution in [0.4, 0.5) is 5.82 Å². The molecule has 8 nitrogen and oxygen atoms in total.